The average molecular weight is 270 g/mol. The van der Waals surface area contributed by atoms with Crippen LogP contribution in [0.25, 0.3) is 0 Å². The molecule has 0 aliphatic heterocycles. The van der Waals surface area contributed by atoms with E-state index in [2.05, 4.69) is 0 Å². The third-order valence-electron chi connectivity index (χ3n) is 4.15. The Balaban J connectivity index is 2.77. The van der Waals surface area contributed by atoms with Crippen LogP contribution >= 0.6 is 0 Å². The first-order valence-corrected chi connectivity index (χ1v) is 7.59. The van der Waals surface area contributed by atoms with Crippen LogP contribution in [-0.4, -0.2) is 42.6 Å². The third-order valence-corrected chi connectivity index (χ3v) is 4.15. The van der Waals surface area contributed by atoms with Gasteiger partial charge in [-0.25, -0.2) is 0 Å². The van der Waals surface area contributed by atoms with E-state index in [4.69, 9.17) is 10.5 Å². The van der Waals surface area contributed by atoms with Gasteiger partial charge in [-0.3, -0.25) is 4.79 Å². The standard InChI is InChI=1S/C15H30N2O2/c1-15(2,19-3)14(18)17(12-8-11-16)13-9-6-4-5-7-10-13/h13H,4-12,16H2,1-3H3. The molecule has 1 amide bonds. The molecule has 0 spiro atoms. The molecule has 0 saturated heterocycles. The second kappa shape index (κ2) is 7.85. The molecular formula is C15H30N2O2. The molecule has 1 rings (SSSR count). The van der Waals surface area contributed by atoms with Gasteiger partial charge in [-0.2, -0.15) is 0 Å². The Kier molecular flexibility index (Phi) is 6.80. The molecule has 0 bridgehead atoms. The minimum atomic E-state index is -0.735. The summed E-state index contributed by atoms with van der Waals surface area (Å²) in [6.07, 6.45) is 8.15. The van der Waals surface area contributed by atoms with Crippen LogP contribution < -0.4 is 5.73 Å². The van der Waals surface area contributed by atoms with Crippen molar-refractivity contribution in [3.05, 3.63) is 0 Å². The van der Waals surface area contributed by atoms with Crippen LogP contribution in [0, 0.1) is 0 Å². The van der Waals surface area contributed by atoms with E-state index in [0.717, 1.165) is 25.8 Å². The van der Waals surface area contributed by atoms with Crippen molar-refractivity contribution in [3.63, 3.8) is 0 Å². The fraction of sp³-hybridized carbons (Fsp3) is 0.933. The minimum absolute atomic E-state index is 0.107. The Morgan fingerprint density at radius 1 is 1.26 bits per heavy atom. The quantitative estimate of drug-likeness (QED) is 0.754. The highest BCUT2D eigenvalue weighted by Gasteiger charge is 2.35. The van der Waals surface area contributed by atoms with E-state index in [1.807, 2.05) is 18.7 Å². The topological polar surface area (TPSA) is 55.6 Å². The fourth-order valence-corrected chi connectivity index (χ4v) is 2.71. The first-order chi connectivity index (χ1) is 9.03. The number of ether oxygens (including phenoxy) is 1. The van der Waals surface area contributed by atoms with Gasteiger partial charge in [0.2, 0.25) is 0 Å². The van der Waals surface area contributed by atoms with Gasteiger partial charge in [0.15, 0.2) is 0 Å². The number of hydrogen-bond donors (Lipinski definition) is 1. The third kappa shape index (κ3) is 4.77. The zero-order valence-electron chi connectivity index (χ0n) is 12.8. The lowest BCUT2D eigenvalue weighted by molar-refractivity contribution is -0.153. The van der Waals surface area contributed by atoms with E-state index in [-0.39, 0.29) is 5.91 Å². The molecule has 0 unspecified atom stereocenters. The summed E-state index contributed by atoms with van der Waals surface area (Å²) in [4.78, 5) is 14.7. The lowest BCUT2D eigenvalue weighted by Gasteiger charge is -2.36. The van der Waals surface area contributed by atoms with E-state index in [9.17, 15) is 4.79 Å². The second-order valence-corrected chi connectivity index (χ2v) is 6.00. The molecule has 4 heteroatoms. The first kappa shape index (κ1) is 16.4. The highest BCUT2D eigenvalue weighted by molar-refractivity contribution is 5.84. The molecular weight excluding hydrogens is 240 g/mol. The number of carbonyl (C=O) groups is 1. The molecule has 1 saturated carbocycles. The Bertz CT molecular complexity index is 271. The van der Waals surface area contributed by atoms with Crippen molar-refractivity contribution in [2.45, 2.75) is 70.4 Å². The molecule has 0 aromatic carbocycles. The summed E-state index contributed by atoms with van der Waals surface area (Å²) in [5, 5.41) is 0. The molecule has 1 fully saturated rings. The van der Waals surface area contributed by atoms with Crippen LogP contribution in [0.5, 0.6) is 0 Å². The van der Waals surface area contributed by atoms with Gasteiger partial charge < -0.3 is 15.4 Å². The number of nitrogens with zero attached hydrogens (tertiary/aromatic N) is 1. The Morgan fingerprint density at radius 2 is 1.84 bits per heavy atom. The largest absolute Gasteiger partial charge is 0.369 e. The molecule has 2 N–H and O–H groups in total. The summed E-state index contributed by atoms with van der Waals surface area (Å²) in [5.41, 5.74) is 4.87. The number of rotatable bonds is 6. The van der Waals surface area contributed by atoms with Crippen LogP contribution in [0.15, 0.2) is 0 Å². The predicted molar refractivity (Wildman–Crippen MR) is 78.0 cm³/mol. The summed E-state index contributed by atoms with van der Waals surface area (Å²) in [6.45, 7) is 5.08. The number of amides is 1. The molecule has 1 aliphatic rings. The van der Waals surface area contributed by atoms with Gasteiger partial charge in [-0.15, -0.1) is 0 Å². The van der Waals surface area contributed by atoms with Gasteiger partial charge in [0.1, 0.15) is 5.60 Å². The van der Waals surface area contributed by atoms with Crippen LogP contribution in [-0.2, 0) is 9.53 Å². The van der Waals surface area contributed by atoms with Crippen LogP contribution in [0.4, 0.5) is 0 Å². The molecule has 19 heavy (non-hydrogen) atoms. The van der Waals surface area contributed by atoms with E-state index in [1.54, 1.807) is 7.11 Å². The van der Waals surface area contributed by atoms with Crippen LogP contribution in [0.2, 0.25) is 0 Å². The molecule has 1 aliphatic carbocycles. The Hall–Kier alpha value is -0.610. The SMILES string of the molecule is COC(C)(C)C(=O)N(CCCN)C1CCCCCC1. The normalized spacial score (nSPS) is 18.1. The average Bonchev–Trinajstić information content (AvgIpc) is 2.68. The molecule has 0 radical (unpaired) electrons. The van der Waals surface area contributed by atoms with Crippen molar-refractivity contribution in [1.82, 2.24) is 4.90 Å². The number of hydrogen-bond acceptors (Lipinski definition) is 3. The van der Waals surface area contributed by atoms with Gasteiger partial charge in [0.05, 0.1) is 0 Å². The van der Waals surface area contributed by atoms with E-state index >= 15 is 0 Å². The first-order valence-electron chi connectivity index (χ1n) is 7.59. The highest BCUT2D eigenvalue weighted by atomic mass is 16.5. The summed E-state index contributed by atoms with van der Waals surface area (Å²) >= 11 is 0. The Labute approximate surface area is 117 Å². The molecule has 0 aromatic heterocycles. The van der Waals surface area contributed by atoms with Gasteiger partial charge >= 0.3 is 0 Å². The number of carbonyl (C=O) groups excluding carboxylic acids is 1. The maximum atomic E-state index is 12.7. The maximum absolute atomic E-state index is 12.7. The number of methoxy groups -OCH3 is 1. The monoisotopic (exact) mass is 270 g/mol. The van der Waals surface area contributed by atoms with Gasteiger partial charge in [-0.1, -0.05) is 25.7 Å². The van der Waals surface area contributed by atoms with Gasteiger partial charge in [-0.05, 0) is 39.7 Å². The summed E-state index contributed by atoms with van der Waals surface area (Å²) < 4.78 is 5.36. The smallest absolute Gasteiger partial charge is 0.254 e. The van der Waals surface area contributed by atoms with Crippen molar-refractivity contribution in [2.75, 3.05) is 20.2 Å². The molecule has 0 heterocycles. The highest BCUT2D eigenvalue weighted by Crippen LogP contribution is 2.25. The molecule has 0 aromatic rings. The minimum Gasteiger partial charge on any atom is -0.369 e. The second-order valence-electron chi connectivity index (χ2n) is 6.00. The van der Waals surface area contributed by atoms with E-state index in [1.165, 1.54) is 25.7 Å². The lowest BCUT2D eigenvalue weighted by atomic mass is 10.0. The zero-order valence-corrected chi connectivity index (χ0v) is 12.8. The predicted octanol–water partition coefficient (Wildman–Crippen LogP) is 2.31. The zero-order chi connectivity index (χ0) is 14.3. The summed E-state index contributed by atoms with van der Waals surface area (Å²) in [5.74, 6) is 0.107. The number of nitrogens with two attached hydrogens (primary N) is 1. The summed E-state index contributed by atoms with van der Waals surface area (Å²) in [6, 6.07) is 0.371. The fourth-order valence-electron chi connectivity index (χ4n) is 2.71. The van der Waals surface area contributed by atoms with Gasteiger partial charge in [0.25, 0.3) is 5.91 Å². The van der Waals surface area contributed by atoms with Crippen molar-refractivity contribution in [2.24, 2.45) is 5.73 Å². The molecule has 0 atom stereocenters. The van der Waals surface area contributed by atoms with Crippen molar-refractivity contribution in [1.29, 1.82) is 0 Å². The van der Waals surface area contributed by atoms with Crippen molar-refractivity contribution in [3.8, 4) is 0 Å². The maximum Gasteiger partial charge on any atom is 0.254 e. The summed E-state index contributed by atoms with van der Waals surface area (Å²) in [7, 11) is 1.60. The van der Waals surface area contributed by atoms with Crippen LogP contribution in [0.3, 0.4) is 0 Å². The van der Waals surface area contributed by atoms with Crippen molar-refractivity contribution < 1.29 is 9.53 Å². The Morgan fingerprint density at radius 3 is 2.32 bits per heavy atom. The van der Waals surface area contributed by atoms with Gasteiger partial charge in [0, 0.05) is 19.7 Å². The van der Waals surface area contributed by atoms with Crippen molar-refractivity contribution >= 4 is 5.91 Å². The van der Waals surface area contributed by atoms with Crippen LogP contribution in [0.1, 0.15) is 58.8 Å². The van der Waals surface area contributed by atoms with E-state index in [0.29, 0.717) is 12.6 Å². The lowest BCUT2D eigenvalue weighted by Crippen LogP contribution is -2.51. The molecule has 4 nitrogen and oxygen atoms in total. The molecule has 112 valence electrons. The van der Waals surface area contributed by atoms with E-state index < -0.39 is 5.60 Å².